The molecule has 0 bridgehead atoms. The molecule has 2 nitrogen and oxygen atoms in total. The summed E-state index contributed by atoms with van der Waals surface area (Å²) in [6.07, 6.45) is 1.74. The molecule has 1 rings (SSSR count). The molecule has 0 fully saturated rings. The highest BCUT2D eigenvalue weighted by atomic mass is 19.1. The fourth-order valence-electron chi connectivity index (χ4n) is 1.27. The molecule has 0 aliphatic rings. The van der Waals surface area contributed by atoms with Crippen molar-refractivity contribution < 1.29 is 14.6 Å². The predicted molar refractivity (Wildman–Crippen MR) is 52.2 cm³/mol. The summed E-state index contributed by atoms with van der Waals surface area (Å²) in [4.78, 5) is 0. The summed E-state index contributed by atoms with van der Waals surface area (Å²) in [6.45, 7) is 3.08. The van der Waals surface area contributed by atoms with Crippen LogP contribution in [0, 0.1) is 5.82 Å². The van der Waals surface area contributed by atoms with E-state index >= 15 is 0 Å². The minimum Gasteiger partial charge on any atom is -0.393 e. The van der Waals surface area contributed by atoms with Gasteiger partial charge in [0, 0.05) is 6.42 Å². The molecule has 1 aromatic rings. The Hall–Kier alpha value is -1.19. The largest absolute Gasteiger partial charge is 0.393 e. The minimum absolute atomic E-state index is 0.231. The summed E-state index contributed by atoms with van der Waals surface area (Å²) in [7, 11) is 0. The molecule has 1 atom stereocenters. The fourth-order valence-corrected chi connectivity index (χ4v) is 1.27. The molecule has 0 radical (unpaired) electrons. The molecular formula is C11H13FO2. The second-order valence-corrected chi connectivity index (χ2v) is 3.19. The molecule has 0 spiro atoms. The van der Waals surface area contributed by atoms with Gasteiger partial charge in [0.05, 0.1) is 6.61 Å². The van der Waals surface area contributed by atoms with Crippen molar-refractivity contribution in [1.29, 1.82) is 0 Å². The third kappa shape index (κ3) is 2.19. The van der Waals surface area contributed by atoms with Crippen molar-refractivity contribution in [3.63, 3.8) is 0 Å². The van der Waals surface area contributed by atoms with Crippen molar-refractivity contribution in [2.45, 2.75) is 12.0 Å². The lowest BCUT2D eigenvalue weighted by Gasteiger charge is -2.24. The molecule has 1 aromatic carbocycles. The molecule has 0 saturated carbocycles. The maximum atomic E-state index is 12.6. The minimum atomic E-state index is -1.35. The van der Waals surface area contributed by atoms with Gasteiger partial charge in [-0.1, -0.05) is 18.2 Å². The van der Waals surface area contributed by atoms with Crippen LogP contribution in [0.5, 0.6) is 0 Å². The Bertz CT molecular complexity index is 308. The maximum absolute atomic E-state index is 12.6. The molecule has 76 valence electrons. The van der Waals surface area contributed by atoms with E-state index in [0.717, 1.165) is 0 Å². The highest BCUT2D eigenvalue weighted by molar-refractivity contribution is 5.23. The SMILES string of the molecule is C=CCC(O)(CO)c1ccc(F)cc1. The number of hydrogen-bond donors (Lipinski definition) is 2. The molecule has 0 aliphatic heterocycles. The number of aliphatic hydroxyl groups excluding tert-OH is 1. The molecule has 2 N–H and O–H groups in total. The molecule has 3 heteroatoms. The Morgan fingerprint density at radius 2 is 1.93 bits per heavy atom. The van der Waals surface area contributed by atoms with Gasteiger partial charge in [-0.25, -0.2) is 4.39 Å². The van der Waals surface area contributed by atoms with E-state index in [4.69, 9.17) is 5.11 Å². The average molecular weight is 196 g/mol. The second-order valence-electron chi connectivity index (χ2n) is 3.19. The van der Waals surface area contributed by atoms with Crippen LogP contribution >= 0.6 is 0 Å². The lowest BCUT2D eigenvalue weighted by atomic mass is 9.91. The normalized spacial score (nSPS) is 14.8. The lowest BCUT2D eigenvalue weighted by molar-refractivity contribution is -0.0165. The van der Waals surface area contributed by atoms with Gasteiger partial charge < -0.3 is 10.2 Å². The smallest absolute Gasteiger partial charge is 0.123 e. The van der Waals surface area contributed by atoms with Gasteiger partial charge in [0.15, 0.2) is 0 Å². The lowest BCUT2D eigenvalue weighted by Crippen LogP contribution is -2.29. The van der Waals surface area contributed by atoms with Crippen molar-refractivity contribution in [2.24, 2.45) is 0 Å². The van der Waals surface area contributed by atoms with Gasteiger partial charge in [0.1, 0.15) is 11.4 Å². The van der Waals surface area contributed by atoms with Crippen LogP contribution in [0.4, 0.5) is 4.39 Å². The van der Waals surface area contributed by atoms with Gasteiger partial charge in [-0.15, -0.1) is 6.58 Å². The van der Waals surface area contributed by atoms with Crippen LogP contribution in [-0.4, -0.2) is 16.8 Å². The Labute approximate surface area is 82.3 Å². The van der Waals surface area contributed by atoms with Gasteiger partial charge >= 0.3 is 0 Å². The summed E-state index contributed by atoms with van der Waals surface area (Å²) in [6, 6.07) is 5.40. The second kappa shape index (κ2) is 4.35. The molecule has 1 unspecified atom stereocenters. The number of hydrogen-bond acceptors (Lipinski definition) is 2. The van der Waals surface area contributed by atoms with E-state index < -0.39 is 12.2 Å². The Morgan fingerprint density at radius 1 is 1.36 bits per heavy atom. The first-order chi connectivity index (χ1) is 6.62. The summed E-state index contributed by atoms with van der Waals surface area (Å²) < 4.78 is 12.6. The molecule has 0 heterocycles. The first kappa shape index (κ1) is 10.9. The zero-order chi connectivity index (χ0) is 10.6. The van der Waals surface area contributed by atoms with E-state index in [9.17, 15) is 9.50 Å². The van der Waals surface area contributed by atoms with E-state index in [1.54, 1.807) is 0 Å². The van der Waals surface area contributed by atoms with E-state index in [0.29, 0.717) is 5.56 Å². The standard InChI is InChI=1S/C11H13FO2/c1-2-7-11(14,8-13)9-3-5-10(12)6-4-9/h2-6,13-14H,1,7-8H2. The van der Waals surface area contributed by atoms with Crippen LogP contribution in [-0.2, 0) is 5.60 Å². The van der Waals surface area contributed by atoms with Gasteiger partial charge in [0.2, 0.25) is 0 Å². The maximum Gasteiger partial charge on any atom is 0.123 e. The van der Waals surface area contributed by atoms with Crippen LogP contribution in [0.15, 0.2) is 36.9 Å². The molecule has 0 amide bonds. The quantitative estimate of drug-likeness (QED) is 0.718. The Balaban J connectivity index is 2.99. The van der Waals surface area contributed by atoms with Gasteiger partial charge in [-0.2, -0.15) is 0 Å². The van der Waals surface area contributed by atoms with Crippen molar-refractivity contribution in [1.82, 2.24) is 0 Å². The zero-order valence-electron chi connectivity index (χ0n) is 7.78. The van der Waals surface area contributed by atoms with E-state index in [2.05, 4.69) is 6.58 Å². The summed E-state index contributed by atoms with van der Waals surface area (Å²) in [5.41, 5.74) is -0.864. The predicted octanol–water partition coefficient (Wildman–Crippen LogP) is 1.58. The van der Waals surface area contributed by atoms with Crippen molar-refractivity contribution in [3.05, 3.63) is 48.3 Å². The van der Waals surface area contributed by atoms with E-state index in [1.807, 2.05) is 0 Å². The Morgan fingerprint density at radius 3 is 2.36 bits per heavy atom. The molecule has 0 aliphatic carbocycles. The summed E-state index contributed by atoms with van der Waals surface area (Å²) >= 11 is 0. The zero-order valence-corrected chi connectivity index (χ0v) is 7.78. The first-order valence-electron chi connectivity index (χ1n) is 4.32. The van der Waals surface area contributed by atoms with Crippen LogP contribution < -0.4 is 0 Å². The highest BCUT2D eigenvalue weighted by Gasteiger charge is 2.26. The third-order valence-electron chi connectivity index (χ3n) is 2.13. The van der Waals surface area contributed by atoms with E-state index in [1.165, 1.54) is 30.3 Å². The Kier molecular flexibility index (Phi) is 3.38. The van der Waals surface area contributed by atoms with Gasteiger partial charge in [0.25, 0.3) is 0 Å². The number of halogens is 1. The molecule has 14 heavy (non-hydrogen) atoms. The van der Waals surface area contributed by atoms with Crippen LogP contribution in [0.3, 0.4) is 0 Å². The molecule has 0 saturated heterocycles. The van der Waals surface area contributed by atoms with Crippen LogP contribution in [0.2, 0.25) is 0 Å². The van der Waals surface area contributed by atoms with Crippen LogP contribution in [0.1, 0.15) is 12.0 Å². The number of benzene rings is 1. The first-order valence-corrected chi connectivity index (χ1v) is 4.32. The van der Waals surface area contributed by atoms with E-state index in [-0.39, 0.29) is 12.2 Å². The van der Waals surface area contributed by atoms with Crippen molar-refractivity contribution >= 4 is 0 Å². The molecule has 0 aromatic heterocycles. The van der Waals surface area contributed by atoms with Crippen LogP contribution in [0.25, 0.3) is 0 Å². The summed E-state index contributed by atoms with van der Waals surface area (Å²) in [5, 5.41) is 19.0. The van der Waals surface area contributed by atoms with Crippen molar-refractivity contribution in [3.8, 4) is 0 Å². The van der Waals surface area contributed by atoms with Gasteiger partial charge in [-0.05, 0) is 17.7 Å². The van der Waals surface area contributed by atoms with Gasteiger partial charge in [-0.3, -0.25) is 0 Å². The number of aliphatic hydroxyl groups is 2. The van der Waals surface area contributed by atoms with Crippen molar-refractivity contribution in [2.75, 3.05) is 6.61 Å². The third-order valence-corrected chi connectivity index (χ3v) is 2.13. The monoisotopic (exact) mass is 196 g/mol. The average Bonchev–Trinajstić information content (AvgIpc) is 2.19. The topological polar surface area (TPSA) is 40.5 Å². The molecular weight excluding hydrogens is 183 g/mol. The number of rotatable bonds is 4. The summed E-state index contributed by atoms with van der Waals surface area (Å²) in [5.74, 6) is -0.368. The fraction of sp³-hybridized carbons (Fsp3) is 0.273. The highest BCUT2D eigenvalue weighted by Crippen LogP contribution is 2.24.